The van der Waals surface area contributed by atoms with Gasteiger partial charge < -0.3 is 19.4 Å². The fourth-order valence-corrected chi connectivity index (χ4v) is 3.71. The first-order valence-electron chi connectivity index (χ1n) is 10.9. The van der Waals surface area contributed by atoms with E-state index in [2.05, 4.69) is 17.3 Å². The maximum Gasteiger partial charge on any atom is 0.277 e. The Balaban J connectivity index is 1.49. The van der Waals surface area contributed by atoms with Crippen LogP contribution in [-0.4, -0.2) is 33.8 Å². The molecule has 0 aliphatic carbocycles. The van der Waals surface area contributed by atoms with Gasteiger partial charge in [0.15, 0.2) is 0 Å². The first-order valence-corrected chi connectivity index (χ1v) is 11.3. The molecule has 0 bridgehead atoms. The molecule has 0 atom stereocenters. The Labute approximate surface area is 201 Å². The van der Waals surface area contributed by atoms with Gasteiger partial charge in [0.2, 0.25) is 5.91 Å². The molecule has 0 saturated carbocycles. The summed E-state index contributed by atoms with van der Waals surface area (Å²) in [5, 5.41) is 7.62. The van der Waals surface area contributed by atoms with Crippen LogP contribution < -0.4 is 20.3 Å². The first-order chi connectivity index (χ1) is 16.5. The molecule has 0 fully saturated rings. The smallest absolute Gasteiger partial charge is 0.277 e. The zero-order valence-electron chi connectivity index (χ0n) is 19.0. The molecule has 4 rings (SSSR count). The van der Waals surface area contributed by atoms with Crippen molar-refractivity contribution in [3.05, 3.63) is 76.3 Å². The zero-order chi connectivity index (χ0) is 24.1. The van der Waals surface area contributed by atoms with E-state index in [1.165, 1.54) is 22.4 Å². The number of hydrogen-bond donors (Lipinski definition) is 1. The van der Waals surface area contributed by atoms with Gasteiger partial charge in [0.05, 0.1) is 24.4 Å². The number of ether oxygens (including phenoxy) is 2. The SMILES string of the molecule is CCCCOc1ccc(-c2cc3c(=O)n(CC(=O)Nc4ccc(OC)c(Cl)c4)ccn3n2)cc1. The van der Waals surface area contributed by atoms with Crippen LogP contribution in [0.4, 0.5) is 5.69 Å². The number of benzene rings is 2. The zero-order valence-corrected chi connectivity index (χ0v) is 19.7. The summed E-state index contributed by atoms with van der Waals surface area (Å²) in [5.41, 5.74) is 2.10. The maximum absolute atomic E-state index is 13.0. The van der Waals surface area contributed by atoms with Gasteiger partial charge in [-0.2, -0.15) is 5.10 Å². The van der Waals surface area contributed by atoms with Crippen LogP contribution in [0.5, 0.6) is 11.5 Å². The van der Waals surface area contributed by atoms with E-state index in [1.807, 2.05) is 24.3 Å². The predicted molar refractivity (Wildman–Crippen MR) is 132 cm³/mol. The third-order valence-electron chi connectivity index (χ3n) is 5.27. The summed E-state index contributed by atoms with van der Waals surface area (Å²) < 4.78 is 13.7. The highest BCUT2D eigenvalue weighted by Gasteiger charge is 2.12. The number of rotatable bonds is 9. The molecular weight excluding hydrogens is 456 g/mol. The van der Waals surface area contributed by atoms with E-state index in [4.69, 9.17) is 21.1 Å². The number of amides is 1. The molecule has 1 N–H and O–H groups in total. The molecule has 9 heteroatoms. The Kier molecular flexibility index (Phi) is 7.18. The van der Waals surface area contributed by atoms with E-state index in [0.29, 0.717) is 34.3 Å². The molecule has 0 unspecified atom stereocenters. The van der Waals surface area contributed by atoms with Crippen molar-refractivity contribution < 1.29 is 14.3 Å². The summed E-state index contributed by atoms with van der Waals surface area (Å²) in [7, 11) is 1.52. The molecule has 8 nitrogen and oxygen atoms in total. The van der Waals surface area contributed by atoms with Crippen molar-refractivity contribution in [3.8, 4) is 22.8 Å². The molecule has 2 heterocycles. The minimum absolute atomic E-state index is 0.150. The fraction of sp³-hybridized carbons (Fsp3) is 0.240. The molecular formula is C25H25ClN4O4. The number of carbonyl (C=O) groups excluding carboxylic acids is 1. The summed E-state index contributed by atoms with van der Waals surface area (Å²) in [6.07, 6.45) is 5.28. The average molecular weight is 481 g/mol. The van der Waals surface area contributed by atoms with Crippen LogP contribution in [0.2, 0.25) is 5.02 Å². The number of fused-ring (bicyclic) bond motifs is 1. The lowest BCUT2D eigenvalue weighted by Gasteiger charge is -2.09. The second-order valence-corrected chi connectivity index (χ2v) is 8.12. The number of nitrogens with zero attached hydrogens (tertiary/aromatic N) is 3. The van der Waals surface area contributed by atoms with E-state index in [1.54, 1.807) is 30.5 Å². The first kappa shape index (κ1) is 23.4. The predicted octanol–water partition coefficient (Wildman–Crippen LogP) is 4.64. The lowest BCUT2D eigenvalue weighted by molar-refractivity contribution is -0.116. The minimum Gasteiger partial charge on any atom is -0.495 e. The van der Waals surface area contributed by atoms with Crippen LogP contribution in [0.25, 0.3) is 16.8 Å². The standard InChI is InChI=1S/C25H25ClN4O4/c1-3-4-13-34-19-8-5-17(6-9-19)21-15-22-25(32)29(11-12-30(22)28-21)16-24(31)27-18-7-10-23(33-2)20(26)14-18/h5-12,14-15H,3-4,13,16H2,1-2H3,(H,27,31). The number of carbonyl (C=O) groups is 1. The second-order valence-electron chi connectivity index (χ2n) is 7.71. The minimum atomic E-state index is -0.355. The highest BCUT2D eigenvalue weighted by molar-refractivity contribution is 6.32. The Hall–Kier alpha value is -3.78. The van der Waals surface area contributed by atoms with Gasteiger partial charge >= 0.3 is 0 Å². The quantitative estimate of drug-likeness (QED) is 0.352. The Bertz CT molecular complexity index is 1360. The number of anilines is 1. The van der Waals surface area contributed by atoms with E-state index in [9.17, 15) is 9.59 Å². The topological polar surface area (TPSA) is 86.9 Å². The summed E-state index contributed by atoms with van der Waals surface area (Å²) in [6, 6.07) is 14.3. The monoisotopic (exact) mass is 480 g/mol. The lowest BCUT2D eigenvalue weighted by Crippen LogP contribution is -2.28. The van der Waals surface area contributed by atoms with Gasteiger partial charge in [-0.1, -0.05) is 24.9 Å². The Morgan fingerprint density at radius 1 is 1.12 bits per heavy atom. The van der Waals surface area contributed by atoms with Gasteiger partial charge in [-0.25, -0.2) is 4.52 Å². The van der Waals surface area contributed by atoms with Crippen molar-refractivity contribution in [1.82, 2.24) is 14.2 Å². The number of unbranched alkanes of at least 4 members (excludes halogenated alkanes) is 1. The van der Waals surface area contributed by atoms with Crippen LogP contribution in [0.3, 0.4) is 0 Å². The third kappa shape index (κ3) is 5.23. The average Bonchev–Trinajstić information content (AvgIpc) is 3.27. The normalized spacial score (nSPS) is 10.9. The number of methoxy groups -OCH3 is 1. The summed E-state index contributed by atoms with van der Waals surface area (Å²) in [6.45, 7) is 2.65. The van der Waals surface area contributed by atoms with Gasteiger partial charge in [-0.05, 0) is 55.0 Å². The molecule has 0 aliphatic rings. The van der Waals surface area contributed by atoms with Crippen molar-refractivity contribution in [3.63, 3.8) is 0 Å². The number of halogens is 1. The van der Waals surface area contributed by atoms with E-state index >= 15 is 0 Å². The molecule has 0 saturated heterocycles. The molecule has 1 amide bonds. The Morgan fingerprint density at radius 3 is 2.62 bits per heavy atom. The highest BCUT2D eigenvalue weighted by Crippen LogP contribution is 2.27. The van der Waals surface area contributed by atoms with Crippen molar-refractivity contribution in [1.29, 1.82) is 0 Å². The fourth-order valence-electron chi connectivity index (χ4n) is 3.45. The van der Waals surface area contributed by atoms with Crippen molar-refractivity contribution in [2.24, 2.45) is 0 Å². The third-order valence-corrected chi connectivity index (χ3v) is 5.57. The molecule has 0 radical (unpaired) electrons. The van der Waals surface area contributed by atoms with Crippen molar-refractivity contribution >= 4 is 28.7 Å². The number of aromatic nitrogens is 3. The molecule has 2 aromatic carbocycles. The van der Waals surface area contributed by atoms with Gasteiger partial charge in [0.25, 0.3) is 5.56 Å². The summed E-state index contributed by atoms with van der Waals surface area (Å²) >= 11 is 6.11. The lowest BCUT2D eigenvalue weighted by atomic mass is 10.1. The van der Waals surface area contributed by atoms with Gasteiger partial charge in [-0.3, -0.25) is 9.59 Å². The van der Waals surface area contributed by atoms with Crippen LogP contribution >= 0.6 is 11.6 Å². The van der Waals surface area contributed by atoms with Gasteiger partial charge in [-0.15, -0.1) is 0 Å². The summed E-state index contributed by atoms with van der Waals surface area (Å²) in [5.74, 6) is 0.954. The molecule has 34 heavy (non-hydrogen) atoms. The molecule has 0 aliphatic heterocycles. The summed E-state index contributed by atoms with van der Waals surface area (Å²) in [4.78, 5) is 25.5. The van der Waals surface area contributed by atoms with Gasteiger partial charge in [0, 0.05) is 23.6 Å². The molecule has 176 valence electrons. The molecule has 0 spiro atoms. The van der Waals surface area contributed by atoms with Gasteiger partial charge in [0.1, 0.15) is 23.6 Å². The van der Waals surface area contributed by atoms with Crippen molar-refractivity contribution in [2.45, 2.75) is 26.3 Å². The maximum atomic E-state index is 13.0. The molecule has 4 aromatic rings. The van der Waals surface area contributed by atoms with Crippen LogP contribution in [-0.2, 0) is 11.3 Å². The van der Waals surface area contributed by atoms with Crippen molar-refractivity contribution in [2.75, 3.05) is 19.0 Å². The number of nitrogens with one attached hydrogen (secondary N) is 1. The van der Waals surface area contributed by atoms with E-state index in [-0.39, 0.29) is 18.0 Å². The van der Waals surface area contributed by atoms with Crippen LogP contribution in [0.1, 0.15) is 19.8 Å². The molecule has 2 aromatic heterocycles. The highest BCUT2D eigenvalue weighted by atomic mass is 35.5. The largest absolute Gasteiger partial charge is 0.495 e. The van der Waals surface area contributed by atoms with E-state index in [0.717, 1.165) is 24.2 Å². The number of hydrogen-bond acceptors (Lipinski definition) is 5. The van der Waals surface area contributed by atoms with Crippen LogP contribution in [0, 0.1) is 0 Å². The van der Waals surface area contributed by atoms with E-state index < -0.39 is 0 Å². The second kappa shape index (κ2) is 10.4. The van der Waals surface area contributed by atoms with Crippen LogP contribution in [0.15, 0.2) is 65.7 Å². The Morgan fingerprint density at radius 2 is 1.91 bits per heavy atom.